The van der Waals surface area contributed by atoms with Gasteiger partial charge in [0.2, 0.25) is 5.16 Å². The first-order valence-electron chi connectivity index (χ1n) is 5.72. The molecular formula is C11H13N5OS. The van der Waals surface area contributed by atoms with Crippen LogP contribution in [0.15, 0.2) is 23.4 Å². The van der Waals surface area contributed by atoms with Gasteiger partial charge in [-0.15, -0.1) is 5.10 Å². The van der Waals surface area contributed by atoms with Crippen LogP contribution in [0.2, 0.25) is 0 Å². The van der Waals surface area contributed by atoms with E-state index in [9.17, 15) is 5.11 Å². The summed E-state index contributed by atoms with van der Waals surface area (Å²) in [6, 6.07) is 5.51. The minimum absolute atomic E-state index is 0.252. The maximum Gasteiger partial charge on any atom is 0.209 e. The van der Waals surface area contributed by atoms with Crippen LogP contribution < -0.4 is 5.73 Å². The molecule has 0 amide bonds. The van der Waals surface area contributed by atoms with Crippen LogP contribution in [-0.2, 0) is 5.75 Å². The Morgan fingerprint density at radius 1 is 1.44 bits per heavy atom. The van der Waals surface area contributed by atoms with E-state index in [1.807, 2.05) is 4.68 Å². The minimum atomic E-state index is 0.252. The molecule has 1 heterocycles. The Kier molecular flexibility index (Phi) is 2.83. The van der Waals surface area contributed by atoms with Crippen LogP contribution in [0, 0.1) is 0 Å². The molecule has 0 unspecified atom stereocenters. The number of thioether (sulfide) groups is 1. The summed E-state index contributed by atoms with van der Waals surface area (Å²) >= 11 is 1.51. The SMILES string of the molecule is Nc1ccc(O)c(CSc2nnnn2C2CC2)c1. The van der Waals surface area contributed by atoms with E-state index in [-0.39, 0.29) is 5.75 Å². The number of aromatic nitrogens is 4. The number of rotatable bonds is 4. The molecule has 1 saturated carbocycles. The number of nitrogens with two attached hydrogens (primary N) is 1. The zero-order valence-electron chi connectivity index (χ0n) is 9.65. The molecule has 3 rings (SSSR count). The van der Waals surface area contributed by atoms with E-state index in [2.05, 4.69) is 15.5 Å². The predicted molar refractivity (Wildman–Crippen MR) is 68.2 cm³/mol. The summed E-state index contributed by atoms with van der Waals surface area (Å²) in [4.78, 5) is 0. The predicted octanol–water partition coefficient (Wildman–Crippen LogP) is 1.59. The van der Waals surface area contributed by atoms with Crippen LogP contribution in [-0.4, -0.2) is 25.3 Å². The maximum atomic E-state index is 9.73. The zero-order valence-corrected chi connectivity index (χ0v) is 10.5. The summed E-state index contributed by atoms with van der Waals surface area (Å²) in [5, 5.41) is 22.2. The van der Waals surface area contributed by atoms with Crippen LogP contribution in [0.1, 0.15) is 24.4 Å². The van der Waals surface area contributed by atoms with Crippen molar-refractivity contribution in [1.29, 1.82) is 0 Å². The van der Waals surface area contributed by atoms with Gasteiger partial charge in [0.1, 0.15) is 5.75 Å². The average molecular weight is 263 g/mol. The lowest BCUT2D eigenvalue weighted by Gasteiger charge is -2.05. The number of benzene rings is 1. The zero-order chi connectivity index (χ0) is 12.5. The maximum absolute atomic E-state index is 9.73. The van der Waals surface area contributed by atoms with Gasteiger partial charge in [-0.2, -0.15) is 0 Å². The Morgan fingerprint density at radius 2 is 2.28 bits per heavy atom. The topological polar surface area (TPSA) is 89.8 Å². The summed E-state index contributed by atoms with van der Waals surface area (Å²) in [6.45, 7) is 0. The lowest BCUT2D eigenvalue weighted by Crippen LogP contribution is -1.99. The van der Waals surface area contributed by atoms with E-state index >= 15 is 0 Å². The lowest BCUT2D eigenvalue weighted by molar-refractivity contribution is 0.470. The Morgan fingerprint density at radius 3 is 3.06 bits per heavy atom. The lowest BCUT2D eigenvalue weighted by atomic mass is 10.2. The summed E-state index contributed by atoms with van der Waals surface area (Å²) in [5.74, 6) is 0.853. The fourth-order valence-electron chi connectivity index (χ4n) is 1.69. The van der Waals surface area contributed by atoms with Gasteiger partial charge in [0, 0.05) is 17.0 Å². The van der Waals surface area contributed by atoms with Crippen molar-refractivity contribution < 1.29 is 5.11 Å². The molecule has 1 aliphatic rings. The van der Waals surface area contributed by atoms with Gasteiger partial charge in [-0.25, -0.2) is 4.68 Å². The van der Waals surface area contributed by atoms with Crippen LogP contribution in [0.3, 0.4) is 0 Å². The minimum Gasteiger partial charge on any atom is -0.508 e. The van der Waals surface area contributed by atoms with Crippen molar-refractivity contribution in [2.75, 3.05) is 5.73 Å². The number of nitrogen functional groups attached to an aromatic ring is 1. The molecule has 3 N–H and O–H groups in total. The molecule has 0 aliphatic heterocycles. The van der Waals surface area contributed by atoms with Crippen molar-refractivity contribution in [3.05, 3.63) is 23.8 Å². The largest absolute Gasteiger partial charge is 0.508 e. The van der Waals surface area contributed by atoms with Gasteiger partial charge in [-0.05, 0) is 41.5 Å². The second-order valence-electron chi connectivity index (χ2n) is 4.31. The van der Waals surface area contributed by atoms with Crippen molar-refractivity contribution in [3.8, 4) is 5.75 Å². The van der Waals surface area contributed by atoms with Gasteiger partial charge in [-0.3, -0.25) is 0 Å². The second-order valence-corrected chi connectivity index (χ2v) is 5.26. The van der Waals surface area contributed by atoms with Crippen molar-refractivity contribution in [2.45, 2.75) is 29.8 Å². The molecule has 0 saturated heterocycles. The molecule has 2 aromatic rings. The van der Waals surface area contributed by atoms with Gasteiger partial charge in [0.25, 0.3) is 0 Å². The summed E-state index contributed by atoms with van der Waals surface area (Å²) < 4.78 is 1.86. The second kappa shape index (κ2) is 4.49. The Hall–Kier alpha value is -1.76. The number of hydrogen-bond acceptors (Lipinski definition) is 6. The van der Waals surface area contributed by atoms with E-state index in [4.69, 9.17) is 5.73 Å². The van der Waals surface area contributed by atoms with E-state index < -0.39 is 0 Å². The summed E-state index contributed by atoms with van der Waals surface area (Å²) in [5.41, 5.74) is 7.14. The summed E-state index contributed by atoms with van der Waals surface area (Å²) in [6.07, 6.45) is 2.28. The van der Waals surface area contributed by atoms with E-state index in [0.717, 1.165) is 23.6 Å². The van der Waals surface area contributed by atoms with Crippen LogP contribution in [0.25, 0.3) is 0 Å². The first-order chi connectivity index (χ1) is 8.74. The van der Waals surface area contributed by atoms with Crippen LogP contribution in [0.4, 0.5) is 5.69 Å². The molecule has 1 fully saturated rings. The summed E-state index contributed by atoms with van der Waals surface area (Å²) in [7, 11) is 0. The molecule has 94 valence electrons. The Bertz CT molecular complexity index is 566. The van der Waals surface area contributed by atoms with Gasteiger partial charge in [0.05, 0.1) is 6.04 Å². The highest BCUT2D eigenvalue weighted by molar-refractivity contribution is 7.98. The fraction of sp³-hybridized carbons (Fsp3) is 0.364. The molecule has 18 heavy (non-hydrogen) atoms. The molecule has 1 aliphatic carbocycles. The van der Waals surface area contributed by atoms with Crippen molar-refractivity contribution in [2.24, 2.45) is 0 Å². The number of phenols is 1. The molecule has 0 spiro atoms. The Balaban J connectivity index is 1.73. The molecule has 6 nitrogen and oxygen atoms in total. The van der Waals surface area contributed by atoms with E-state index in [1.54, 1.807) is 18.2 Å². The molecule has 1 aromatic carbocycles. The third-order valence-corrected chi connectivity index (χ3v) is 3.80. The molecule has 0 atom stereocenters. The molecule has 1 aromatic heterocycles. The van der Waals surface area contributed by atoms with Crippen molar-refractivity contribution in [3.63, 3.8) is 0 Å². The first kappa shape index (κ1) is 11.3. The monoisotopic (exact) mass is 263 g/mol. The Labute approximate surface area is 108 Å². The number of anilines is 1. The van der Waals surface area contributed by atoms with Gasteiger partial charge < -0.3 is 10.8 Å². The van der Waals surface area contributed by atoms with Crippen molar-refractivity contribution >= 4 is 17.4 Å². The fourth-order valence-corrected chi connectivity index (χ4v) is 2.62. The number of aromatic hydroxyl groups is 1. The first-order valence-corrected chi connectivity index (χ1v) is 6.70. The van der Waals surface area contributed by atoms with Crippen molar-refractivity contribution in [1.82, 2.24) is 20.2 Å². The highest BCUT2D eigenvalue weighted by Crippen LogP contribution is 2.37. The van der Waals surface area contributed by atoms with Crippen LogP contribution in [0.5, 0.6) is 5.75 Å². The molecule has 0 bridgehead atoms. The number of phenolic OH excluding ortho intramolecular Hbond substituents is 1. The molecule has 7 heteroatoms. The number of nitrogens with zero attached hydrogens (tertiary/aromatic N) is 4. The van der Waals surface area contributed by atoms with E-state index in [1.165, 1.54) is 11.8 Å². The van der Waals surface area contributed by atoms with Gasteiger partial charge >= 0.3 is 0 Å². The van der Waals surface area contributed by atoms with E-state index in [0.29, 0.717) is 17.5 Å². The number of hydrogen-bond donors (Lipinski definition) is 2. The smallest absolute Gasteiger partial charge is 0.209 e. The number of tetrazole rings is 1. The quantitative estimate of drug-likeness (QED) is 0.494. The normalized spacial score (nSPS) is 14.9. The standard InChI is InChI=1S/C11H13N5OS/c12-8-1-4-10(17)7(5-8)6-18-11-13-14-15-16(11)9-2-3-9/h1,4-5,9,17H,2-3,6,12H2. The van der Waals surface area contributed by atoms with Gasteiger partial charge in [0.15, 0.2) is 0 Å². The third kappa shape index (κ3) is 2.26. The molecular weight excluding hydrogens is 250 g/mol. The molecule has 0 radical (unpaired) electrons. The van der Waals surface area contributed by atoms with Gasteiger partial charge in [-0.1, -0.05) is 11.8 Å². The average Bonchev–Trinajstić information content (AvgIpc) is 3.10. The third-order valence-electron chi connectivity index (χ3n) is 2.82. The highest BCUT2D eigenvalue weighted by Gasteiger charge is 2.27. The van der Waals surface area contributed by atoms with Crippen LogP contribution >= 0.6 is 11.8 Å². The highest BCUT2D eigenvalue weighted by atomic mass is 32.2.